The second kappa shape index (κ2) is 6.60. The lowest BCUT2D eigenvalue weighted by atomic mass is 10.1. The van der Waals surface area contributed by atoms with E-state index in [1.165, 1.54) is 0 Å². The van der Waals surface area contributed by atoms with Gasteiger partial charge >= 0.3 is 0 Å². The monoisotopic (exact) mass is 273 g/mol. The Kier molecular flexibility index (Phi) is 4.83. The summed E-state index contributed by atoms with van der Waals surface area (Å²) < 4.78 is 14.0. The number of carbonyl (C=O) groups is 1. The standard InChI is InChI=1S/C17H20FNO/c1-12-4-3-5-14(17(18)10-12)6-7-15-8-9-16(20)11-13(2)19-15/h3,5,8,10H,4,6-7,9,11H2,1-2H3. The average Bonchev–Trinajstić information content (AvgIpc) is 2.63. The van der Waals surface area contributed by atoms with E-state index in [1.54, 1.807) is 6.08 Å². The summed E-state index contributed by atoms with van der Waals surface area (Å²) in [7, 11) is 0. The number of allylic oxidation sites excluding steroid dienone is 8. The zero-order valence-corrected chi connectivity index (χ0v) is 12.1. The molecule has 1 aliphatic carbocycles. The highest BCUT2D eigenvalue weighted by Crippen LogP contribution is 2.24. The SMILES string of the molecule is CC1=CC(F)=C(CCC2=CCC(=O)CC(C)=N2)C=CC1. The minimum absolute atomic E-state index is 0.151. The van der Waals surface area contributed by atoms with Gasteiger partial charge in [-0.3, -0.25) is 9.79 Å². The Hall–Kier alpha value is -1.77. The molecule has 0 unspecified atom stereocenters. The van der Waals surface area contributed by atoms with Gasteiger partial charge in [0.25, 0.3) is 0 Å². The smallest absolute Gasteiger partial charge is 0.142 e. The van der Waals surface area contributed by atoms with Gasteiger partial charge in [0.15, 0.2) is 0 Å². The summed E-state index contributed by atoms with van der Waals surface area (Å²) in [5.74, 6) is 0.0433. The third-order valence-electron chi connectivity index (χ3n) is 3.44. The summed E-state index contributed by atoms with van der Waals surface area (Å²) in [6.45, 7) is 3.80. The Morgan fingerprint density at radius 1 is 1.25 bits per heavy atom. The lowest BCUT2D eigenvalue weighted by Crippen LogP contribution is -2.00. The van der Waals surface area contributed by atoms with Crippen LogP contribution in [0.3, 0.4) is 0 Å². The quantitative estimate of drug-likeness (QED) is 0.738. The van der Waals surface area contributed by atoms with Crippen molar-refractivity contribution in [3.8, 4) is 0 Å². The molecule has 2 rings (SSSR count). The fourth-order valence-corrected chi connectivity index (χ4v) is 2.38. The maximum absolute atomic E-state index is 14.0. The predicted molar refractivity (Wildman–Crippen MR) is 80.3 cm³/mol. The molecule has 1 heterocycles. The number of ketones is 1. The lowest BCUT2D eigenvalue weighted by Gasteiger charge is -2.04. The number of hydrogen-bond acceptors (Lipinski definition) is 2. The van der Waals surface area contributed by atoms with Crippen LogP contribution >= 0.6 is 0 Å². The number of rotatable bonds is 3. The Balaban J connectivity index is 2.07. The van der Waals surface area contributed by atoms with Gasteiger partial charge in [0.1, 0.15) is 11.6 Å². The molecule has 0 aromatic heterocycles. The summed E-state index contributed by atoms with van der Waals surface area (Å²) in [6.07, 6.45) is 10.3. The van der Waals surface area contributed by atoms with Crippen LogP contribution in [0.2, 0.25) is 0 Å². The van der Waals surface area contributed by atoms with Crippen molar-refractivity contribution < 1.29 is 9.18 Å². The average molecular weight is 273 g/mol. The fraction of sp³-hybridized carbons (Fsp3) is 0.412. The summed E-state index contributed by atoms with van der Waals surface area (Å²) in [5, 5.41) is 0. The van der Waals surface area contributed by atoms with E-state index >= 15 is 0 Å². The van der Waals surface area contributed by atoms with Crippen LogP contribution in [0.5, 0.6) is 0 Å². The van der Waals surface area contributed by atoms with Crippen molar-refractivity contribution in [1.29, 1.82) is 0 Å². The van der Waals surface area contributed by atoms with Crippen LogP contribution in [-0.2, 0) is 4.79 Å². The zero-order valence-electron chi connectivity index (χ0n) is 12.1. The van der Waals surface area contributed by atoms with Gasteiger partial charge in [0.05, 0.1) is 0 Å². The topological polar surface area (TPSA) is 29.4 Å². The van der Waals surface area contributed by atoms with E-state index < -0.39 is 0 Å². The van der Waals surface area contributed by atoms with Crippen molar-refractivity contribution in [2.75, 3.05) is 0 Å². The third kappa shape index (κ3) is 4.12. The van der Waals surface area contributed by atoms with E-state index in [4.69, 9.17) is 0 Å². The molecule has 2 aliphatic rings. The van der Waals surface area contributed by atoms with Crippen LogP contribution in [0.4, 0.5) is 4.39 Å². The van der Waals surface area contributed by atoms with Gasteiger partial charge in [-0.1, -0.05) is 23.8 Å². The summed E-state index contributed by atoms with van der Waals surface area (Å²) in [6, 6.07) is 0. The number of halogens is 1. The first-order valence-electron chi connectivity index (χ1n) is 7.02. The molecule has 0 saturated carbocycles. The molecule has 2 nitrogen and oxygen atoms in total. The van der Waals surface area contributed by atoms with Gasteiger partial charge in [-0.05, 0) is 44.8 Å². The molecule has 3 heteroatoms. The van der Waals surface area contributed by atoms with Gasteiger partial charge in [-0.15, -0.1) is 0 Å². The number of nitrogens with zero attached hydrogens (tertiary/aromatic N) is 1. The first kappa shape index (κ1) is 14.6. The van der Waals surface area contributed by atoms with Crippen LogP contribution in [-0.4, -0.2) is 11.5 Å². The Morgan fingerprint density at radius 2 is 2.05 bits per heavy atom. The fourth-order valence-electron chi connectivity index (χ4n) is 2.38. The van der Waals surface area contributed by atoms with E-state index in [2.05, 4.69) is 4.99 Å². The molecule has 1 aliphatic heterocycles. The van der Waals surface area contributed by atoms with Crippen molar-refractivity contribution in [3.05, 3.63) is 47.0 Å². The number of Topliss-reactive ketones (excluding diaryl/α,β-unsaturated/α-hetero) is 1. The van der Waals surface area contributed by atoms with Crippen molar-refractivity contribution >= 4 is 11.5 Å². The highest BCUT2D eigenvalue weighted by Gasteiger charge is 2.11. The molecule has 0 fully saturated rings. The largest absolute Gasteiger partial charge is 0.299 e. The van der Waals surface area contributed by atoms with Crippen LogP contribution in [0, 0.1) is 0 Å². The molecule has 0 aromatic carbocycles. The summed E-state index contributed by atoms with van der Waals surface area (Å²) in [5.41, 5.74) is 3.49. The zero-order chi connectivity index (χ0) is 14.5. The first-order valence-corrected chi connectivity index (χ1v) is 7.02. The van der Waals surface area contributed by atoms with Crippen LogP contribution < -0.4 is 0 Å². The normalized spacial score (nSPS) is 20.1. The molecule has 0 amide bonds. The van der Waals surface area contributed by atoms with E-state index in [-0.39, 0.29) is 11.6 Å². The summed E-state index contributed by atoms with van der Waals surface area (Å²) in [4.78, 5) is 15.9. The second-order valence-corrected chi connectivity index (χ2v) is 5.43. The Bertz CT molecular complexity index is 562. The molecular weight excluding hydrogens is 253 g/mol. The Labute approximate surface area is 119 Å². The van der Waals surface area contributed by atoms with Crippen molar-refractivity contribution in [2.45, 2.75) is 46.0 Å². The molecule has 0 aromatic rings. The Morgan fingerprint density at radius 3 is 2.85 bits per heavy atom. The van der Waals surface area contributed by atoms with E-state index in [9.17, 15) is 9.18 Å². The van der Waals surface area contributed by atoms with Crippen LogP contribution in [0.1, 0.15) is 46.0 Å². The molecule has 0 radical (unpaired) electrons. The summed E-state index contributed by atoms with van der Waals surface area (Å²) >= 11 is 0. The van der Waals surface area contributed by atoms with Gasteiger partial charge in [0, 0.05) is 24.3 Å². The van der Waals surface area contributed by atoms with E-state index in [0.29, 0.717) is 31.3 Å². The molecule has 106 valence electrons. The maximum atomic E-state index is 14.0. The maximum Gasteiger partial charge on any atom is 0.142 e. The van der Waals surface area contributed by atoms with Crippen LogP contribution in [0.25, 0.3) is 0 Å². The third-order valence-corrected chi connectivity index (χ3v) is 3.44. The molecule has 20 heavy (non-hydrogen) atoms. The lowest BCUT2D eigenvalue weighted by molar-refractivity contribution is -0.117. The van der Waals surface area contributed by atoms with Gasteiger partial charge in [-0.2, -0.15) is 0 Å². The first-order chi connectivity index (χ1) is 9.54. The molecule has 0 N–H and O–H groups in total. The minimum atomic E-state index is -0.151. The molecule has 0 atom stereocenters. The van der Waals surface area contributed by atoms with Gasteiger partial charge in [-0.25, -0.2) is 4.39 Å². The van der Waals surface area contributed by atoms with E-state index in [1.807, 2.05) is 32.1 Å². The molecule has 0 bridgehead atoms. The van der Waals surface area contributed by atoms with Crippen molar-refractivity contribution in [3.63, 3.8) is 0 Å². The van der Waals surface area contributed by atoms with Crippen molar-refractivity contribution in [1.82, 2.24) is 0 Å². The minimum Gasteiger partial charge on any atom is -0.299 e. The van der Waals surface area contributed by atoms with Gasteiger partial charge < -0.3 is 0 Å². The highest BCUT2D eigenvalue weighted by atomic mass is 19.1. The molecule has 0 saturated heterocycles. The number of hydrogen-bond donors (Lipinski definition) is 0. The molecule has 0 spiro atoms. The van der Waals surface area contributed by atoms with Crippen LogP contribution in [0.15, 0.2) is 52.0 Å². The molecular formula is C17H20FNO. The second-order valence-electron chi connectivity index (χ2n) is 5.43. The number of carbonyl (C=O) groups excluding carboxylic acids is 1. The van der Waals surface area contributed by atoms with Crippen molar-refractivity contribution in [2.24, 2.45) is 4.99 Å². The predicted octanol–water partition coefficient (Wildman–Crippen LogP) is 4.60. The van der Waals surface area contributed by atoms with E-state index in [0.717, 1.165) is 23.4 Å². The number of aliphatic imine (C=N–C) groups is 1. The van der Waals surface area contributed by atoms with Gasteiger partial charge in [0.2, 0.25) is 0 Å². The highest BCUT2D eigenvalue weighted by molar-refractivity contribution is 6.02.